The summed E-state index contributed by atoms with van der Waals surface area (Å²) in [5.41, 5.74) is 4.93. The molecule has 0 atom stereocenters. The Hall–Kier alpha value is -1.55. The molecule has 0 aliphatic rings. The molecule has 0 saturated heterocycles. The number of aryl methyl sites for hydroxylation is 1. The Balaban J connectivity index is 0.000000745. The van der Waals surface area contributed by atoms with Gasteiger partial charge in [0, 0.05) is 23.5 Å². The summed E-state index contributed by atoms with van der Waals surface area (Å²) in [6.45, 7) is 6.12. The van der Waals surface area contributed by atoms with E-state index in [1.165, 1.54) is 16.7 Å². The number of benzene rings is 2. The van der Waals surface area contributed by atoms with E-state index in [0.717, 1.165) is 28.9 Å². The van der Waals surface area contributed by atoms with Crippen LogP contribution in [0, 0.1) is 0 Å². The third kappa shape index (κ3) is 5.34. The molecule has 0 heterocycles. The van der Waals surface area contributed by atoms with Crippen LogP contribution in [0.5, 0.6) is 0 Å². The summed E-state index contributed by atoms with van der Waals surface area (Å²) in [5.74, 6) is 0. The summed E-state index contributed by atoms with van der Waals surface area (Å²) in [4.78, 5) is 0.871. The smallest absolute Gasteiger partial charge is 0.0402 e. The maximum atomic E-state index is 9.18. The van der Waals surface area contributed by atoms with E-state index in [1.807, 2.05) is 31.2 Å². The first-order valence-corrected chi connectivity index (χ1v) is 8.25. The van der Waals surface area contributed by atoms with Gasteiger partial charge in [0.05, 0.1) is 0 Å². The molecule has 3 heteroatoms. The van der Waals surface area contributed by atoms with Gasteiger partial charge in [-0.3, -0.25) is 0 Å². The molecule has 0 aromatic heterocycles. The Labute approximate surface area is 137 Å². The van der Waals surface area contributed by atoms with E-state index in [0.29, 0.717) is 0 Å². The van der Waals surface area contributed by atoms with Crippen LogP contribution in [-0.4, -0.2) is 16.3 Å². The Morgan fingerprint density at radius 2 is 1.82 bits per heavy atom. The molecule has 0 radical (unpaired) electrons. The molecule has 0 bridgehead atoms. The van der Waals surface area contributed by atoms with E-state index in [-0.39, 0.29) is 6.61 Å². The second kappa shape index (κ2) is 10.2. The molecule has 2 rings (SSSR count). The highest BCUT2D eigenvalue weighted by Crippen LogP contribution is 2.29. The van der Waals surface area contributed by atoms with Crippen LogP contribution >= 0.6 is 12.0 Å². The molecule has 118 valence electrons. The van der Waals surface area contributed by atoms with Crippen LogP contribution in [0.4, 0.5) is 0 Å². The molecular weight excluding hydrogens is 292 g/mol. The van der Waals surface area contributed by atoms with Crippen LogP contribution < -0.4 is 0 Å². The fourth-order valence-corrected chi connectivity index (χ4v) is 2.51. The summed E-state index contributed by atoms with van der Waals surface area (Å²) in [6, 6.07) is 14.5. The number of aliphatic hydroxyl groups excluding tert-OH is 1. The summed E-state index contributed by atoms with van der Waals surface area (Å²) in [7, 11) is 0. The zero-order valence-corrected chi connectivity index (χ0v) is 14.2. The molecule has 0 spiro atoms. The normalized spacial score (nSPS) is 10.4. The van der Waals surface area contributed by atoms with Crippen molar-refractivity contribution in [1.82, 2.24) is 0 Å². The molecule has 0 saturated carbocycles. The van der Waals surface area contributed by atoms with Gasteiger partial charge in [0.25, 0.3) is 0 Å². The molecule has 0 aliphatic carbocycles. The van der Waals surface area contributed by atoms with Gasteiger partial charge in [-0.2, -0.15) is 0 Å². The minimum Gasteiger partial charge on any atom is -0.397 e. The molecule has 2 aromatic rings. The third-order valence-electron chi connectivity index (χ3n) is 3.12. The van der Waals surface area contributed by atoms with Gasteiger partial charge in [-0.05, 0) is 60.7 Å². The maximum Gasteiger partial charge on any atom is 0.0402 e. The second-order valence-corrected chi connectivity index (χ2v) is 5.36. The van der Waals surface area contributed by atoms with Gasteiger partial charge in [0.2, 0.25) is 0 Å². The number of rotatable bonds is 4. The van der Waals surface area contributed by atoms with Gasteiger partial charge >= 0.3 is 0 Å². The molecule has 2 nitrogen and oxygen atoms in total. The minimum atomic E-state index is 0.250. The second-order valence-electron chi connectivity index (χ2n) is 4.71. The Bertz CT molecular complexity index is 606. The molecule has 22 heavy (non-hydrogen) atoms. The maximum absolute atomic E-state index is 9.18. The van der Waals surface area contributed by atoms with Crippen LogP contribution in [0.25, 0.3) is 17.2 Å². The largest absolute Gasteiger partial charge is 0.397 e. The average Bonchev–Trinajstić information content (AvgIpc) is 2.56. The predicted molar refractivity (Wildman–Crippen MR) is 97.2 cm³/mol. The highest BCUT2D eigenvalue weighted by atomic mass is 32.2. The average molecular weight is 316 g/mol. The lowest BCUT2D eigenvalue weighted by molar-refractivity contribution is 0.318. The highest BCUT2D eigenvalue weighted by molar-refractivity contribution is 7.93. The molecule has 2 N–H and O–H groups in total. The van der Waals surface area contributed by atoms with Gasteiger partial charge in [0.1, 0.15) is 0 Å². The number of aliphatic hydroxyl groups is 1. The van der Waals surface area contributed by atoms with Crippen LogP contribution in [0.2, 0.25) is 0 Å². The SMILES string of the molecule is C/C=C/c1ccc(CC)c(-c2cccc(SO)c2)c1.CCO. The van der Waals surface area contributed by atoms with Crippen LogP contribution in [0.3, 0.4) is 0 Å². The summed E-state index contributed by atoms with van der Waals surface area (Å²) < 4.78 is 9.18. The van der Waals surface area contributed by atoms with Crippen molar-refractivity contribution in [3.63, 3.8) is 0 Å². The Morgan fingerprint density at radius 3 is 2.41 bits per heavy atom. The van der Waals surface area contributed by atoms with Crippen molar-refractivity contribution in [2.45, 2.75) is 32.1 Å². The minimum absolute atomic E-state index is 0.250. The topological polar surface area (TPSA) is 40.5 Å². The summed E-state index contributed by atoms with van der Waals surface area (Å²) in [6.07, 6.45) is 5.15. The monoisotopic (exact) mass is 316 g/mol. The standard InChI is InChI=1S/C17H18OS.C2H6O/c1-3-6-13-9-10-14(4-2)17(11-13)15-7-5-8-16(12-15)19-18;1-2-3/h3,5-12,18H,4H2,1-2H3;3H,2H2,1H3/b6-3+;. The molecule has 0 amide bonds. The zero-order valence-electron chi connectivity index (χ0n) is 13.4. The molecular formula is C19H24O2S. The fraction of sp³-hybridized carbons (Fsp3) is 0.263. The quantitative estimate of drug-likeness (QED) is 0.730. The fourth-order valence-electron chi connectivity index (χ4n) is 2.19. The lowest BCUT2D eigenvalue weighted by Gasteiger charge is -2.10. The van der Waals surface area contributed by atoms with Gasteiger partial charge in [-0.15, -0.1) is 0 Å². The first-order chi connectivity index (χ1) is 10.7. The Morgan fingerprint density at radius 1 is 1.09 bits per heavy atom. The van der Waals surface area contributed by atoms with E-state index in [2.05, 4.69) is 37.3 Å². The van der Waals surface area contributed by atoms with Crippen molar-refractivity contribution in [3.8, 4) is 11.1 Å². The molecule has 0 fully saturated rings. The van der Waals surface area contributed by atoms with Crippen molar-refractivity contribution in [2.75, 3.05) is 6.61 Å². The van der Waals surface area contributed by atoms with Crippen molar-refractivity contribution < 1.29 is 9.66 Å². The van der Waals surface area contributed by atoms with E-state index < -0.39 is 0 Å². The van der Waals surface area contributed by atoms with Gasteiger partial charge in [-0.1, -0.05) is 43.3 Å². The zero-order chi connectivity index (χ0) is 16.4. The van der Waals surface area contributed by atoms with Crippen molar-refractivity contribution in [1.29, 1.82) is 0 Å². The summed E-state index contributed by atoms with van der Waals surface area (Å²) in [5, 5.41) is 7.57. The first kappa shape index (κ1) is 18.5. The molecule has 0 aliphatic heterocycles. The molecule has 2 aromatic carbocycles. The van der Waals surface area contributed by atoms with E-state index in [1.54, 1.807) is 6.92 Å². The summed E-state index contributed by atoms with van der Waals surface area (Å²) >= 11 is 0.792. The van der Waals surface area contributed by atoms with Gasteiger partial charge < -0.3 is 9.66 Å². The first-order valence-electron chi connectivity index (χ1n) is 7.48. The van der Waals surface area contributed by atoms with Crippen LogP contribution in [0.15, 0.2) is 53.4 Å². The Kier molecular flexibility index (Phi) is 8.60. The number of allylic oxidation sites excluding steroid dienone is 1. The van der Waals surface area contributed by atoms with E-state index in [4.69, 9.17) is 5.11 Å². The van der Waals surface area contributed by atoms with Crippen LogP contribution in [0.1, 0.15) is 31.9 Å². The lowest BCUT2D eigenvalue weighted by Crippen LogP contribution is -1.89. The predicted octanol–water partition coefficient (Wildman–Crippen LogP) is 5.51. The van der Waals surface area contributed by atoms with Crippen molar-refractivity contribution >= 4 is 18.1 Å². The van der Waals surface area contributed by atoms with Gasteiger partial charge in [0.15, 0.2) is 0 Å². The van der Waals surface area contributed by atoms with E-state index >= 15 is 0 Å². The van der Waals surface area contributed by atoms with Crippen molar-refractivity contribution in [3.05, 3.63) is 59.7 Å². The lowest BCUT2D eigenvalue weighted by atomic mass is 9.96. The van der Waals surface area contributed by atoms with Gasteiger partial charge in [-0.25, -0.2) is 0 Å². The highest BCUT2D eigenvalue weighted by Gasteiger charge is 2.05. The van der Waals surface area contributed by atoms with Crippen LogP contribution in [-0.2, 0) is 6.42 Å². The van der Waals surface area contributed by atoms with E-state index in [9.17, 15) is 4.55 Å². The number of hydrogen-bond donors (Lipinski definition) is 2. The number of hydrogen-bond acceptors (Lipinski definition) is 3. The van der Waals surface area contributed by atoms with Crippen molar-refractivity contribution in [2.24, 2.45) is 0 Å². The third-order valence-corrected chi connectivity index (χ3v) is 3.59. The molecule has 0 unspecified atom stereocenters.